The van der Waals surface area contributed by atoms with Crippen molar-refractivity contribution in [3.05, 3.63) is 71.3 Å². The van der Waals surface area contributed by atoms with Gasteiger partial charge in [0.15, 0.2) is 6.17 Å². The van der Waals surface area contributed by atoms with Crippen molar-refractivity contribution in [1.82, 2.24) is 15.1 Å². The molecule has 1 aliphatic rings. The maximum Gasteiger partial charge on any atom is 0.263 e. The monoisotopic (exact) mass is 416 g/mol. The molecule has 0 spiro atoms. The normalized spacial score (nSPS) is 15.9. The van der Waals surface area contributed by atoms with Crippen molar-refractivity contribution in [3.63, 3.8) is 0 Å². The molecule has 158 valence electrons. The summed E-state index contributed by atoms with van der Waals surface area (Å²) >= 11 is 0. The molecular weight excluding hydrogens is 394 g/mol. The van der Waals surface area contributed by atoms with Gasteiger partial charge in [0.05, 0.1) is 6.42 Å². The van der Waals surface area contributed by atoms with Gasteiger partial charge in [-0.2, -0.15) is 0 Å². The van der Waals surface area contributed by atoms with E-state index in [1.807, 2.05) is 6.07 Å². The molecule has 0 bridgehead atoms. The number of benzene rings is 2. The van der Waals surface area contributed by atoms with E-state index >= 15 is 0 Å². The minimum Gasteiger partial charge on any atom is -0.351 e. The van der Waals surface area contributed by atoms with Gasteiger partial charge in [-0.25, -0.2) is 8.78 Å². The maximum absolute atomic E-state index is 13.6. The number of nitrogens with one attached hydrogen (secondary N) is 1. The fourth-order valence-corrected chi connectivity index (χ4v) is 3.39. The lowest BCUT2D eigenvalue weighted by Gasteiger charge is -2.29. The lowest BCUT2D eigenvalue weighted by Crippen LogP contribution is -2.54. The van der Waals surface area contributed by atoms with Crippen LogP contribution in [0.4, 0.5) is 8.78 Å². The van der Waals surface area contributed by atoms with Gasteiger partial charge in [0.2, 0.25) is 5.91 Å². The lowest BCUT2D eigenvalue weighted by molar-refractivity contribution is -0.140. The molecular formula is C21H22F2N4O3. The first-order valence-corrected chi connectivity index (χ1v) is 9.49. The maximum atomic E-state index is 13.6. The SMILES string of the molecule is NCCNC(=O)C1N(C(=O)Cc2ccccc2)CCN1C(=O)c1cc(F)cc(F)c1. The van der Waals surface area contributed by atoms with Crippen LogP contribution in [0.2, 0.25) is 0 Å². The number of rotatable bonds is 6. The fourth-order valence-electron chi connectivity index (χ4n) is 3.39. The topological polar surface area (TPSA) is 95.7 Å². The van der Waals surface area contributed by atoms with Gasteiger partial charge in [0.1, 0.15) is 11.6 Å². The van der Waals surface area contributed by atoms with Crippen LogP contribution in [0, 0.1) is 11.6 Å². The van der Waals surface area contributed by atoms with Crippen molar-refractivity contribution in [2.45, 2.75) is 12.6 Å². The molecule has 0 aliphatic carbocycles. The van der Waals surface area contributed by atoms with Crippen LogP contribution >= 0.6 is 0 Å². The number of hydrogen-bond donors (Lipinski definition) is 2. The van der Waals surface area contributed by atoms with E-state index in [0.29, 0.717) is 6.07 Å². The lowest BCUT2D eigenvalue weighted by atomic mass is 10.1. The van der Waals surface area contributed by atoms with Gasteiger partial charge in [0, 0.05) is 37.8 Å². The van der Waals surface area contributed by atoms with E-state index < -0.39 is 29.6 Å². The summed E-state index contributed by atoms with van der Waals surface area (Å²) in [6, 6.07) is 11.4. The van der Waals surface area contributed by atoms with Gasteiger partial charge >= 0.3 is 0 Å². The molecule has 3 amide bonds. The van der Waals surface area contributed by atoms with Crippen LogP contribution in [-0.4, -0.2) is 59.9 Å². The molecule has 9 heteroatoms. The highest BCUT2D eigenvalue weighted by atomic mass is 19.1. The van der Waals surface area contributed by atoms with Crippen LogP contribution in [-0.2, 0) is 16.0 Å². The summed E-state index contributed by atoms with van der Waals surface area (Å²) in [4.78, 5) is 41.0. The van der Waals surface area contributed by atoms with Gasteiger partial charge in [-0.05, 0) is 17.7 Å². The Kier molecular flexibility index (Phi) is 6.73. The van der Waals surface area contributed by atoms with Crippen LogP contribution in [0.25, 0.3) is 0 Å². The van der Waals surface area contributed by atoms with Crippen molar-refractivity contribution in [2.75, 3.05) is 26.2 Å². The number of carbonyl (C=O) groups is 3. The number of nitrogens with two attached hydrogens (primary N) is 1. The summed E-state index contributed by atoms with van der Waals surface area (Å²) in [7, 11) is 0. The Morgan fingerprint density at radius 1 is 1.00 bits per heavy atom. The molecule has 2 aromatic rings. The molecule has 2 aromatic carbocycles. The van der Waals surface area contributed by atoms with E-state index in [2.05, 4.69) is 5.32 Å². The summed E-state index contributed by atoms with van der Waals surface area (Å²) in [5.74, 6) is -3.46. The minimum absolute atomic E-state index is 0.0537. The van der Waals surface area contributed by atoms with E-state index in [-0.39, 0.29) is 44.1 Å². The molecule has 0 aromatic heterocycles. The first-order chi connectivity index (χ1) is 14.4. The first-order valence-electron chi connectivity index (χ1n) is 9.49. The zero-order valence-corrected chi connectivity index (χ0v) is 16.2. The predicted octanol–water partition coefficient (Wildman–Crippen LogP) is 0.893. The second-order valence-corrected chi connectivity index (χ2v) is 6.86. The molecule has 1 heterocycles. The molecule has 0 saturated carbocycles. The molecule has 1 fully saturated rings. The molecule has 1 saturated heterocycles. The third-order valence-corrected chi connectivity index (χ3v) is 4.74. The van der Waals surface area contributed by atoms with Crippen LogP contribution in [0.3, 0.4) is 0 Å². The minimum atomic E-state index is -1.23. The van der Waals surface area contributed by atoms with Crippen molar-refractivity contribution >= 4 is 17.7 Å². The molecule has 1 unspecified atom stereocenters. The van der Waals surface area contributed by atoms with E-state index in [1.54, 1.807) is 24.3 Å². The second kappa shape index (κ2) is 9.45. The molecule has 30 heavy (non-hydrogen) atoms. The van der Waals surface area contributed by atoms with Crippen molar-refractivity contribution in [2.24, 2.45) is 5.73 Å². The number of hydrogen-bond acceptors (Lipinski definition) is 4. The molecule has 0 radical (unpaired) electrons. The average molecular weight is 416 g/mol. The molecule has 7 nitrogen and oxygen atoms in total. The molecule has 3 N–H and O–H groups in total. The number of carbonyl (C=O) groups excluding carboxylic acids is 3. The zero-order valence-electron chi connectivity index (χ0n) is 16.2. The standard InChI is InChI=1S/C21H22F2N4O3/c22-16-11-15(12-17(23)13-16)21(30)27-9-8-26(20(27)19(29)25-7-6-24)18(28)10-14-4-2-1-3-5-14/h1-5,11-13,20H,6-10,24H2,(H,25,29). The number of halogens is 2. The largest absolute Gasteiger partial charge is 0.351 e. The zero-order chi connectivity index (χ0) is 21.7. The van der Waals surface area contributed by atoms with Crippen LogP contribution in [0.1, 0.15) is 15.9 Å². The van der Waals surface area contributed by atoms with E-state index in [9.17, 15) is 23.2 Å². The molecule has 3 rings (SSSR count). The van der Waals surface area contributed by atoms with Crippen molar-refractivity contribution < 1.29 is 23.2 Å². The second-order valence-electron chi connectivity index (χ2n) is 6.86. The summed E-state index contributed by atoms with van der Waals surface area (Å²) < 4.78 is 27.2. The van der Waals surface area contributed by atoms with E-state index in [1.165, 1.54) is 4.90 Å². The number of nitrogens with zero attached hydrogens (tertiary/aromatic N) is 2. The predicted molar refractivity (Wildman–Crippen MR) is 105 cm³/mol. The van der Waals surface area contributed by atoms with Gasteiger partial charge in [-0.15, -0.1) is 0 Å². The number of amides is 3. The van der Waals surface area contributed by atoms with E-state index in [4.69, 9.17) is 5.73 Å². The Morgan fingerprint density at radius 2 is 1.63 bits per heavy atom. The summed E-state index contributed by atoms with van der Waals surface area (Å²) in [5.41, 5.74) is 5.96. The van der Waals surface area contributed by atoms with Gasteiger partial charge < -0.3 is 20.9 Å². The fraction of sp³-hybridized carbons (Fsp3) is 0.286. The van der Waals surface area contributed by atoms with E-state index in [0.717, 1.165) is 22.6 Å². The Bertz CT molecular complexity index is 919. The quantitative estimate of drug-likeness (QED) is 0.731. The average Bonchev–Trinajstić information content (AvgIpc) is 3.17. The highest BCUT2D eigenvalue weighted by molar-refractivity contribution is 5.99. The molecule has 1 atom stereocenters. The summed E-state index contributed by atoms with van der Waals surface area (Å²) in [6.07, 6.45) is -1.18. The van der Waals surface area contributed by atoms with Crippen LogP contribution < -0.4 is 11.1 Å². The highest BCUT2D eigenvalue weighted by Gasteiger charge is 2.42. The first kappa shape index (κ1) is 21.4. The Morgan fingerprint density at radius 3 is 2.27 bits per heavy atom. The van der Waals surface area contributed by atoms with Gasteiger partial charge in [-0.1, -0.05) is 30.3 Å². The summed E-state index contributed by atoms with van der Waals surface area (Å²) in [6.45, 7) is 0.514. The smallest absolute Gasteiger partial charge is 0.263 e. The Balaban J connectivity index is 1.86. The van der Waals surface area contributed by atoms with Crippen molar-refractivity contribution in [3.8, 4) is 0 Å². The summed E-state index contributed by atoms with van der Waals surface area (Å²) in [5, 5.41) is 2.58. The van der Waals surface area contributed by atoms with Gasteiger partial charge in [-0.3, -0.25) is 14.4 Å². The third-order valence-electron chi connectivity index (χ3n) is 4.74. The third kappa shape index (κ3) is 4.80. The Hall–Kier alpha value is -3.33. The molecule has 1 aliphatic heterocycles. The van der Waals surface area contributed by atoms with Crippen LogP contribution in [0.15, 0.2) is 48.5 Å². The van der Waals surface area contributed by atoms with Crippen LogP contribution in [0.5, 0.6) is 0 Å². The Labute approximate surface area is 172 Å². The highest BCUT2D eigenvalue weighted by Crippen LogP contribution is 2.21. The van der Waals surface area contributed by atoms with Gasteiger partial charge in [0.25, 0.3) is 11.8 Å². The van der Waals surface area contributed by atoms with Crippen molar-refractivity contribution in [1.29, 1.82) is 0 Å².